The van der Waals surface area contributed by atoms with E-state index >= 15 is 0 Å². The Morgan fingerprint density at radius 2 is 2.00 bits per heavy atom. The van der Waals surface area contributed by atoms with Crippen LogP contribution in [0.1, 0.15) is 5.56 Å². The summed E-state index contributed by atoms with van der Waals surface area (Å²) in [4.78, 5) is 12.4. The Kier molecular flexibility index (Phi) is 3.41. The first-order chi connectivity index (χ1) is 6.93. The Morgan fingerprint density at radius 1 is 1.33 bits per heavy atom. The van der Waals surface area contributed by atoms with Gasteiger partial charge in [0.25, 0.3) is 0 Å². The summed E-state index contributed by atoms with van der Waals surface area (Å²) in [5.41, 5.74) is -0.821. The van der Waals surface area contributed by atoms with Crippen molar-refractivity contribution in [2.75, 3.05) is 5.32 Å². The van der Waals surface area contributed by atoms with E-state index in [4.69, 9.17) is 11.8 Å². The van der Waals surface area contributed by atoms with Crippen molar-refractivity contribution in [3.8, 4) is 0 Å². The van der Waals surface area contributed by atoms with Crippen molar-refractivity contribution in [2.45, 2.75) is 6.18 Å². The molecule has 0 aliphatic rings. The second-order valence-electron chi connectivity index (χ2n) is 2.63. The molecule has 0 bridgehead atoms. The number of carbonyl (C=O) groups is 1. The van der Waals surface area contributed by atoms with Gasteiger partial charge in [0.1, 0.15) is 0 Å². The minimum absolute atomic E-state index is 0.0166. The van der Waals surface area contributed by atoms with Crippen LogP contribution in [0.3, 0.4) is 0 Å². The monoisotopic (exact) mass is 238 g/mol. The normalized spacial score (nSPS) is 10.9. The number of hydrogen-bond acceptors (Lipinski definition) is 1. The molecule has 0 unspecified atom stereocenters. The third kappa shape index (κ3) is 3.32. The maximum Gasteiger partial charge on any atom is 0.416 e. The predicted molar refractivity (Wildman–Crippen MR) is 49.5 cm³/mol. The second kappa shape index (κ2) is 4.39. The lowest BCUT2D eigenvalue weighted by Crippen LogP contribution is -2.20. The van der Waals surface area contributed by atoms with Gasteiger partial charge in [-0.05, 0) is 18.2 Å². The standard InChI is InChI=1S/C8H6ClF3N2O/c9-14-7(15)13-6-3-1-2-5(4-6)8(10,11)12/h1-4H,(H2,13,14,15). The van der Waals surface area contributed by atoms with Crippen molar-refractivity contribution >= 4 is 23.5 Å². The van der Waals surface area contributed by atoms with Crippen LogP contribution in [0.15, 0.2) is 24.3 Å². The molecule has 0 spiro atoms. The van der Waals surface area contributed by atoms with E-state index in [1.54, 1.807) is 4.84 Å². The zero-order chi connectivity index (χ0) is 11.5. The van der Waals surface area contributed by atoms with E-state index in [2.05, 4.69) is 5.32 Å². The number of rotatable bonds is 1. The molecule has 82 valence electrons. The molecule has 0 saturated heterocycles. The molecule has 0 heterocycles. The minimum atomic E-state index is -4.44. The molecule has 15 heavy (non-hydrogen) atoms. The topological polar surface area (TPSA) is 41.1 Å². The molecule has 0 aliphatic carbocycles. The van der Waals surface area contributed by atoms with Crippen molar-refractivity contribution < 1.29 is 18.0 Å². The lowest BCUT2D eigenvalue weighted by Gasteiger charge is -2.08. The molecule has 0 atom stereocenters. The Labute approximate surface area is 88.3 Å². The number of urea groups is 1. The molecule has 2 amide bonds. The molecular weight excluding hydrogens is 233 g/mol. The fraction of sp³-hybridized carbons (Fsp3) is 0.125. The van der Waals surface area contributed by atoms with Crippen LogP contribution >= 0.6 is 11.8 Å². The number of alkyl halides is 3. The van der Waals surface area contributed by atoms with Crippen molar-refractivity contribution in [3.63, 3.8) is 0 Å². The van der Waals surface area contributed by atoms with Gasteiger partial charge in [-0.1, -0.05) is 6.07 Å². The average molecular weight is 239 g/mol. The highest BCUT2D eigenvalue weighted by Gasteiger charge is 2.30. The Morgan fingerprint density at radius 3 is 2.53 bits per heavy atom. The van der Waals surface area contributed by atoms with Gasteiger partial charge < -0.3 is 5.32 Å². The minimum Gasteiger partial charge on any atom is -0.307 e. The van der Waals surface area contributed by atoms with Crippen LogP contribution in [0.5, 0.6) is 0 Å². The van der Waals surface area contributed by atoms with Gasteiger partial charge in [0.05, 0.1) is 5.56 Å². The van der Waals surface area contributed by atoms with E-state index in [1.165, 1.54) is 12.1 Å². The number of nitrogens with one attached hydrogen (secondary N) is 2. The van der Waals surface area contributed by atoms with E-state index in [0.29, 0.717) is 0 Å². The second-order valence-corrected chi connectivity index (χ2v) is 2.82. The summed E-state index contributed by atoms with van der Waals surface area (Å²) in [6, 6.07) is 3.43. The Hall–Kier alpha value is -1.43. The number of benzene rings is 1. The third-order valence-electron chi connectivity index (χ3n) is 1.53. The molecule has 3 nitrogen and oxygen atoms in total. The SMILES string of the molecule is O=C(NCl)Nc1cccc(C(F)(F)F)c1. The first-order valence-electron chi connectivity index (χ1n) is 3.78. The van der Waals surface area contributed by atoms with Crippen LogP contribution in [-0.4, -0.2) is 6.03 Å². The van der Waals surface area contributed by atoms with Gasteiger partial charge in [-0.25, -0.2) is 9.63 Å². The molecule has 1 aromatic rings. The van der Waals surface area contributed by atoms with E-state index in [-0.39, 0.29) is 5.69 Å². The Balaban J connectivity index is 2.88. The maximum absolute atomic E-state index is 12.2. The Bertz CT molecular complexity index is 367. The number of anilines is 1. The molecule has 7 heteroatoms. The summed E-state index contributed by atoms with van der Waals surface area (Å²) in [7, 11) is 0. The van der Waals surface area contributed by atoms with Gasteiger partial charge in [-0.3, -0.25) is 0 Å². The van der Waals surface area contributed by atoms with E-state index in [1.807, 2.05) is 0 Å². The van der Waals surface area contributed by atoms with E-state index in [9.17, 15) is 18.0 Å². The first-order valence-corrected chi connectivity index (χ1v) is 4.16. The predicted octanol–water partition coefficient (Wildman–Crippen LogP) is 2.98. The summed E-state index contributed by atoms with van der Waals surface area (Å²) >= 11 is 4.95. The molecule has 0 radical (unpaired) electrons. The highest BCUT2D eigenvalue weighted by atomic mass is 35.5. The van der Waals surface area contributed by atoms with Gasteiger partial charge in [-0.15, -0.1) is 0 Å². The number of amides is 2. The van der Waals surface area contributed by atoms with Gasteiger partial charge in [0.2, 0.25) is 0 Å². The van der Waals surface area contributed by atoms with Gasteiger partial charge >= 0.3 is 12.2 Å². The molecule has 0 saturated carbocycles. The third-order valence-corrected chi connectivity index (χ3v) is 1.71. The maximum atomic E-state index is 12.2. The molecule has 0 aliphatic heterocycles. The van der Waals surface area contributed by atoms with Crippen LogP contribution in [0, 0.1) is 0 Å². The van der Waals surface area contributed by atoms with Crippen molar-refractivity contribution in [1.29, 1.82) is 0 Å². The summed E-state index contributed by atoms with van der Waals surface area (Å²) in [6.07, 6.45) is -4.44. The number of hydrogen-bond donors (Lipinski definition) is 2. The summed E-state index contributed by atoms with van der Waals surface area (Å²) < 4.78 is 36.7. The fourth-order valence-corrected chi connectivity index (χ4v) is 0.975. The first kappa shape index (κ1) is 11.6. The van der Waals surface area contributed by atoms with E-state index < -0.39 is 17.8 Å². The highest BCUT2D eigenvalue weighted by Crippen LogP contribution is 2.30. The van der Waals surface area contributed by atoms with Crippen molar-refractivity contribution in [3.05, 3.63) is 29.8 Å². The van der Waals surface area contributed by atoms with Gasteiger partial charge in [-0.2, -0.15) is 13.2 Å². The summed E-state index contributed by atoms with van der Waals surface area (Å²) in [6.45, 7) is 0. The lowest BCUT2D eigenvalue weighted by molar-refractivity contribution is -0.137. The zero-order valence-corrected chi connectivity index (χ0v) is 7.99. The molecular formula is C8H6ClF3N2O. The summed E-state index contributed by atoms with van der Waals surface area (Å²) in [5, 5.41) is 2.12. The zero-order valence-electron chi connectivity index (χ0n) is 7.23. The van der Waals surface area contributed by atoms with Gasteiger partial charge in [0.15, 0.2) is 0 Å². The van der Waals surface area contributed by atoms with Crippen molar-refractivity contribution in [2.24, 2.45) is 0 Å². The van der Waals surface area contributed by atoms with Crippen LogP contribution in [-0.2, 0) is 6.18 Å². The number of halogens is 4. The smallest absolute Gasteiger partial charge is 0.307 e. The van der Waals surface area contributed by atoms with Crippen molar-refractivity contribution in [1.82, 2.24) is 4.84 Å². The molecule has 0 aromatic heterocycles. The average Bonchev–Trinajstić information content (AvgIpc) is 2.17. The lowest BCUT2D eigenvalue weighted by atomic mass is 10.2. The molecule has 2 N–H and O–H groups in total. The quantitative estimate of drug-likeness (QED) is 0.726. The summed E-state index contributed by atoms with van der Waals surface area (Å²) in [5.74, 6) is 0. The van der Waals surface area contributed by atoms with E-state index in [0.717, 1.165) is 12.1 Å². The number of carbonyl (C=O) groups excluding carboxylic acids is 1. The highest BCUT2D eigenvalue weighted by molar-refractivity contribution is 6.22. The van der Waals surface area contributed by atoms with Crippen LogP contribution < -0.4 is 10.2 Å². The van der Waals surface area contributed by atoms with Crippen LogP contribution in [0.2, 0.25) is 0 Å². The van der Waals surface area contributed by atoms with Crippen LogP contribution in [0.4, 0.5) is 23.7 Å². The molecule has 1 rings (SSSR count). The molecule has 0 fully saturated rings. The molecule has 1 aromatic carbocycles. The fourth-order valence-electron chi connectivity index (χ4n) is 0.928. The van der Waals surface area contributed by atoms with Crippen LogP contribution in [0.25, 0.3) is 0 Å². The largest absolute Gasteiger partial charge is 0.416 e. The van der Waals surface area contributed by atoms with Gasteiger partial charge in [0, 0.05) is 17.5 Å².